The van der Waals surface area contributed by atoms with Gasteiger partial charge in [-0.2, -0.15) is 0 Å². The SMILES string of the molecule is CCN1CCN(c2ccc(-c3ccc(-n4cnc(C)c4)c(OC)n3)cc2)CC1. The van der Waals surface area contributed by atoms with Gasteiger partial charge in [0.15, 0.2) is 0 Å². The lowest BCUT2D eigenvalue weighted by molar-refractivity contribution is 0.271. The highest BCUT2D eigenvalue weighted by Crippen LogP contribution is 2.28. The summed E-state index contributed by atoms with van der Waals surface area (Å²) >= 11 is 0. The first-order valence-corrected chi connectivity index (χ1v) is 9.81. The fourth-order valence-electron chi connectivity index (χ4n) is 3.66. The second-order valence-electron chi connectivity index (χ2n) is 7.12. The molecule has 6 nitrogen and oxygen atoms in total. The first kappa shape index (κ1) is 18.5. The summed E-state index contributed by atoms with van der Waals surface area (Å²) in [5.74, 6) is 0.592. The highest BCUT2D eigenvalue weighted by molar-refractivity contribution is 5.65. The number of methoxy groups -OCH3 is 1. The summed E-state index contributed by atoms with van der Waals surface area (Å²) in [6, 6.07) is 12.7. The zero-order valence-electron chi connectivity index (χ0n) is 16.8. The maximum atomic E-state index is 5.54. The van der Waals surface area contributed by atoms with Crippen LogP contribution in [0.4, 0.5) is 5.69 Å². The van der Waals surface area contributed by atoms with Crippen LogP contribution in [-0.2, 0) is 0 Å². The minimum absolute atomic E-state index is 0.592. The predicted octanol–water partition coefficient (Wildman–Crippen LogP) is 3.39. The lowest BCUT2D eigenvalue weighted by Gasteiger charge is -2.35. The molecule has 1 fully saturated rings. The molecular weight excluding hydrogens is 350 g/mol. The van der Waals surface area contributed by atoms with Gasteiger partial charge >= 0.3 is 0 Å². The van der Waals surface area contributed by atoms with Crippen molar-refractivity contribution in [1.29, 1.82) is 0 Å². The van der Waals surface area contributed by atoms with E-state index in [1.165, 1.54) is 5.69 Å². The lowest BCUT2D eigenvalue weighted by atomic mass is 10.1. The average Bonchev–Trinajstić information content (AvgIpc) is 3.19. The molecular formula is C22H27N5O. The molecule has 0 atom stereocenters. The molecule has 6 heteroatoms. The van der Waals surface area contributed by atoms with Gasteiger partial charge in [-0.25, -0.2) is 9.97 Å². The van der Waals surface area contributed by atoms with E-state index in [9.17, 15) is 0 Å². The van der Waals surface area contributed by atoms with E-state index in [-0.39, 0.29) is 0 Å². The maximum absolute atomic E-state index is 5.54. The third-order valence-electron chi connectivity index (χ3n) is 5.37. The molecule has 0 aliphatic carbocycles. The molecule has 3 aromatic rings. The first-order valence-electron chi connectivity index (χ1n) is 9.81. The largest absolute Gasteiger partial charge is 0.479 e. The van der Waals surface area contributed by atoms with Gasteiger partial charge in [-0.1, -0.05) is 19.1 Å². The van der Waals surface area contributed by atoms with Crippen molar-refractivity contribution >= 4 is 5.69 Å². The van der Waals surface area contributed by atoms with Crippen LogP contribution >= 0.6 is 0 Å². The van der Waals surface area contributed by atoms with Crippen molar-refractivity contribution < 1.29 is 4.74 Å². The van der Waals surface area contributed by atoms with Crippen molar-refractivity contribution in [3.63, 3.8) is 0 Å². The van der Waals surface area contributed by atoms with Crippen molar-refractivity contribution in [3.05, 3.63) is 54.6 Å². The van der Waals surface area contributed by atoms with Crippen molar-refractivity contribution in [2.24, 2.45) is 0 Å². The van der Waals surface area contributed by atoms with E-state index in [4.69, 9.17) is 9.72 Å². The van der Waals surface area contributed by atoms with Crippen LogP contribution in [0.15, 0.2) is 48.9 Å². The molecule has 0 N–H and O–H groups in total. The average molecular weight is 377 g/mol. The van der Waals surface area contributed by atoms with E-state index in [0.29, 0.717) is 5.88 Å². The third-order valence-corrected chi connectivity index (χ3v) is 5.37. The Hall–Kier alpha value is -2.86. The first-order chi connectivity index (χ1) is 13.7. The number of nitrogens with zero attached hydrogens (tertiary/aromatic N) is 5. The number of likely N-dealkylation sites (N-methyl/N-ethyl adjacent to an activating group) is 1. The van der Waals surface area contributed by atoms with Crippen molar-refractivity contribution in [3.8, 4) is 22.8 Å². The van der Waals surface area contributed by atoms with Gasteiger partial charge in [-0.15, -0.1) is 0 Å². The highest BCUT2D eigenvalue weighted by atomic mass is 16.5. The maximum Gasteiger partial charge on any atom is 0.238 e. The summed E-state index contributed by atoms with van der Waals surface area (Å²) in [7, 11) is 1.65. The topological polar surface area (TPSA) is 46.4 Å². The Balaban J connectivity index is 1.54. The second-order valence-corrected chi connectivity index (χ2v) is 7.12. The van der Waals surface area contributed by atoms with Gasteiger partial charge < -0.3 is 19.1 Å². The molecule has 0 saturated carbocycles. The second kappa shape index (κ2) is 8.02. The molecule has 1 aliphatic rings. The fraction of sp³-hybridized carbons (Fsp3) is 0.364. The molecule has 0 amide bonds. The van der Waals surface area contributed by atoms with Gasteiger partial charge in [-0.05, 0) is 37.7 Å². The van der Waals surface area contributed by atoms with Gasteiger partial charge in [0, 0.05) is 43.6 Å². The summed E-state index contributed by atoms with van der Waals surface area (Å²) in [5.41, 5.74) is 5.11. The normalized spacial score (nSPS) is 15.0. The van der Waals surface area contributed by atoms with Gasteiger partial charge in [-0.3, -0.25) is 0 Å². The number of pyridine rings is 1. The Morgan fingerprint density at radius 3 is 2.36 bits per heavy atom. The molecule has 0 radical (unpaired) electrons. The number of hydrogen-bond donors (Lipinski definition) is 0. The molecule has 146 valence electrons. The van der Waals surface area contributed by atoms with E-state index < -0.39 is 0 Å². The summed E-state index contributed by atoms with van der Waals surface area (Å²) in [5, 5.41) is 0. The number of aromatic nitrogens is 3. The zero-order valence-corrected chi connectivity index (χ0v) is 16.8. The monoisotopic (exact) mass is 377 g/mol. The van der Waals surface area contributed by atoms with E-state index >= 15 is 0 Å². The summed E-state index contributed by atoms with van der Waals surface area (Å²) < 4.78 is 7.47. The Labute approximate surface area is 166 Å². The molecule has 0 spiro atoms. The Kier molecular flexibility index (Phi) is 5.30. The number of rotatable bonds is 5. The third kappa shape index (κ3) is 3.73. The minimum atomic E-state index is 0.592. The van der Waals surface area contributed by atoms with E-state index in [1.54, 1.807) is 13.4 Å². The van der Waals surface area contributed by atoms with Crippen molar-refractivity contribution in [1.82, 2.24) is 19.4 Å². The lowest BCUT2D eigenvalue weighted by Crippen LogP contribution is -2.46. The Morgan fingerprint density at radius 1 is 1.00 bits per heavy atom. The molecule has 1 aliphatic heterocycles. The molecule has 2 aromatic heterocycles. The quantitative estimate of drug-likeness (QED) is 0.682. The van der Waals surface area contributed by atoms with Gasteiger partial charge in [0.2, 0.25) is 5.88 Å². The van der Waals surface area contributed by atoms with Crippen LogP contribution in [0.1, 0.15) is 12.6 Å². The number of piperazine rings is 1. The standard InChI is InChI=1S/C22H27N5O/c1-4-25-11-13-26(14-12-25)19-7-5-18(6-8-19)20-9-10-21(22(24-20)28-3)27-15-17(2)23-16-27/h5-10,15-16H,4,11-14H2,1-3H3. The molecule has 28 heavy (non-hydrogen) atoms. The van der Waals surface area contributed by atoms with E-state index in [2.05, 4.69) is 46.0 Å². The van der Waals surface area contributed by atoms with Crippen LogP contribution in [0, 0.1) is 6.92 Å². The van der Waals surface area contributed by atoms with Gasteiger partial charge in [0.05, 0.1) is 24.8 Å². The number of benzene rings is 1. The van der Waals surface area contributed by atoms with Gasteiger partial charge in [0.25, 0.3) is 0 Å². The summed E-state index contributed by atoms with van der Waals surface area (Å²) in [6.45, 7) is 9.75. The number of anilines is 1. The minimum Gasteiger partial charge on any atom is -0.479 e. The number of imidazole rings is 1. The van der Waals surface area contributed by atoms with Crippen LogP contribution in [-0.4, -0.2) is 59.3 Å². The van der Waals surface area contributed by atoms with Crippen molar-refractivity contribution in [2.75, 3.05) is 44.7 Å². The van der Waals surface area contributed by atoms with Crippen LogP contribution in [0.3, 0.4) is 0 Å². The fourth-order valence-corrected chi connectivity index (χ4v) is 3.66. The number of ether oxygens (including phenoxy) is 1. The molecule has 1 aromatic carbocycles. The molecule has 4 rings (SSSR count). The van der Waals surface area contributed by atoms with Crippen LogP contribution < -0.4 is 9.64 Å². The van der Waals surface area contributed by atoms with Crippen LogP contribution in [0.2, 0.25) is 0 Å². The highest BCUT2D eigenvalue weighted by Gasteiger charge is 2.16. The summed E-state index contributed by atoms with van der Waals surface area (Å²) in [6.07, 6.45) is 3.74. The van der Waals surface area contributed by atoms with Gasteiger partial charge in [0.1, 0.15) is 5.69 Å². The zero-order chi connectivity index (χ0) is 19.5. The van der Waals surface area contributed by atoms with E-state index in [1.807, 2.05) is 29.8 Å². The predicted molar refractivity (Wildman–Crippen MR) is 112 cm³/mol. The number of aryl methyl sites for hydroxylation is 1. The van der Waals surface area contributed by atoms with Crippen molar-refractivity contribution in [2.45, 2.75) is 13.8 Å². The molecule has 0 bridgehead atoms. The molecule has 3 heterocycles. The summed E-state index contributed by atoms with van der Waals surface area (Å²) in [4.78, 5) is 13.9. The number of hydrogen-bond acceptors (Lipinski definition) is 5. The smallest absolute Gasteiger partial charge is 0.238 e. The van der Waals surface area contributed by atoms with Crippen LogP contribution in [0.25, 0.3) is 16.9 Å². The Morgan fingerprint density at radius 2 is 1.75 bits per heavy atom. The molecule has 1 saturated heterocycles. The van der Waals surface area contributed by atoms with E-state index in [0.717, 1.165) is 55.4 Å². The van der Waals surface area contributed by atoms with Crippen LogP contribution in [0.5, 0.6) is 5.88 Å². The Bertz CT molecular complexity index is 926. The molecule has 0 unspecified atom stereocenters.